The molecular formula is C21H20N2O3S. The summed E-state index contributed by atoms with van der Waals surface area (Å²) in [4.78, 5) is 15.7. The Bertz CT molecular complexity index is 1030. The summed E-state index contributed by atoms with van der Waals surface area (Å²) >= 11 is 0. The van der Waals surface area contributed by atoms with Gasteiger partial charge in [0, 0.05) is 18.0 Å². The average molecular weight is 380 g/mol. The average Bonchev–Trinajstić information content (AvgIpc) is 2.68. The highest BCUT2D eigenvalue weighted by atomic mass is 32.2. The lowest BCUT2D eigenvalue weighted by Crippen LogP contribution is -2.30. The Morgan fingerprint density at radius 1 is 1.00 bits per heavy atom. The lowest BCUT2D eigenvalue weighted by molar-refractivity contribution is 0.101. The number of hydrogen-bond donors (Lipinski definition) is 0. The molecule has 0 amide bonds. The van der Waals surface area contributed by atoms with E-state index in [9.17, 15) is 13.2 Å². The summed E-state index contributed by atoms with van der Waals surface area (Å²) in [6, 6.07) is 16.9. The van der Waals surface area contributed by atoms with E-state index < -0.39 is 10.0 Å². The second-order valence-electron chi connectivity index (χ2n) is 6.29. The number of aryl methyl sites for hydroxylation is 1. The van der Waals surface area contributed by atoms with E-state index in [-0.39, 0.29) is 17.2 Å². The van der Waals surface area contributed by atoms with Crippen molar-refractivity contribution < 1.29 is 13.2 Å². The van der Waals surface area contributed by atoms with E-state index >= 15 is 0 Å². The molecule has 0 radical (unpaired) electrons. The third-order valence-corrected chi connectivity index (χ3v) is 6.01. The molecule has 0 saturated carbocycles. The smallest absolute Gasteiger partial charge is 0.264 e. The fourth-order valence-electron chi connectivity index (χ4n) is 2.67. The highest BCUT2D eigenvalue weighted by Crippen LogP contribution is 2.26. The predicted octanol–water partition coefficient (Wildman–Crippen LogP) is 3.99. The molecule has 2 aromatic carbocycles. The molecule has 1 heterocycles. The van der Waals surface area contributed by atoms with Gasteiger partial charge >= 0.3 is 0 Å². The molecule has 0 aliphatic rings. The Balaban J connectivity index is 2.04. The molecule has 0 N–H and O–H groups in total. The molecule has 6 heteroatoms. The van der Waals surface area contributed by atoms with Crippen LogP contribution < -0.4 is 4.31 Å². The van der Waals surface area contributed by atoms with Crippen molar-refractivity contribution in [3.63, 3.8) is 0 Å². The molecule has 0 bridgehead atoms. The summed E-state index contributed by atoms with van der Waals surface area (Å²) in [6.45, 7) is 3.56. The van der Waals surface area contributed by atoms with Gasteiger partial charge in [-0.3, -0.25) is 14.1 Å². The van der Waals surface area contributed by atoms with E-state index in [1.807, 2.05) is 25.1 Å². The van der Waals surface area contributed by atoms with Crippen molar-refractivity contribution >= 4 is 21.5 Å². The van der Waals surface area contributed by atoms with Crippen molar-refractivity contribution in [2.45, 2.75) is 25.3 Å². The molecule has 5 nitrogen and oxygen atoms in total. The zero-order valence-electron chi connectivity index (χ0n) is 15.2. The number of nitrogens with zero attached hydrogens (tertiary/aromatic N) is 2. The van der Waals surface area contributed by atoms with Crippen molar-refractivity contribution in [2.75, 3.05) is 4.31 Å². The zero-order chi connectivity index (χ0) is 19.4. The molecule has 1 aromatic heterocycles. The summed E-state index contributed by atoms with van der Waals surface area (Å²) in [5, 5.41) is 0. The number of aromatic nitrogens is 1. The number of benzene rings is 2. The SMILES string of the molecule is CC(=O)c1ccc(S(=O)(=O)N(Cc2cccnc2)c2ccc(C)cc2)cc1. The van der Waals surface area contributed by atoms with E-state index in [4.69, 9.17) is 0 Å². The van der Waals surface area contributed by atoms with Crippen LogP contribution >= 0.6 is 0 Å². The van der Waals surface area contributed by atoms with E-state index in [0.29, 0.717) is 11.3 Å². The number of anilines is 1. The van der Waals surface area contributed by atoms with Crippen LogP contribution in [0.3, 0.4) is 0 Å². The van der Waals surface area contributed by atoms with Gasteiger partial charge in [-0.2, -0.15) is 0 Å². The molecule has 138 valence electrons. The first kappa shape index (κ1) is 18.8. The number of Topliss-reactive ketones (excluding diaryl/α,β-unsaturated/α-hetero) is 1. The number of pyridine rings is 1. The highest BCUT2D eigenvalue weighted by molar-refractivity contribution is 7.92. The van der Waals surface area contributed by atoms with E-state index in [1.54, 1.807) is 30.6 Å². The molecule has 0 aliphatic heterocycles. The maximum Gasteiger partial charge on any atom is 0.264 e. The molecule has 0 atom stereocenters. The lowest BCUT2D eigenvalue weighted by atomic mass is 10.2. The number of ketones is 1. The molecule has 3 aromatic rings. The summed E-state index contributed by atoms with van der Waals surface area (Å²) in [5.74, 6) is -0.107. The molecule has 0 saturated heterocycles. The highest BCUT2D eigenvalue weighted by Gasteiger charge is 2.25. The van der Waals surface area contributed by atoms with Gasteiger partial charge in [-0.05, 0) is 49.7 Å². The minimum absolute atomic E-state index is 0.107. The summed E-state index contributed by atoms with van der Waals surface area (Å²) in [7, 11) is -3.81. The normalized spacial score (nSPS) is 11.2. The van der Waals surface area contributed by atoms with Crippen LogP contribution in [0.25, 0.3) is 0 Å². The monoisotopic (exact) mass is 380 g/mol. The molecule has 27 heavy (non-hydrogen) atoms. The van der Waals surface area contributed by atoms with Crippen molar-refractivity contribution in [1.82, 2.24) is 4.98 Å². The minimum Gasteiger partial charge on any atom is -0.295 e. The summed E-state index contributed by atoms with van der Waals surface area (Å²) in [5.41, 5.74) is 2.87. The second kappa shape index (κ2) is 7.72. The van der Waals surface area contributed by atoms with Crippen LogP contribution in [0, 0.1) is 6.92 Å². The fourth-order valence-corrected chi connectivity index (χ4v) is 4.13. The quantitative estimate of drug-likeness (QED) is 0.607. The van der Waals surface area contributed by atoms with Crippen LogP contribution in [0.15, 0.2) is 78.0 Å². The number of rotatable bonds is 6. The third-order valence-electron chi connectivity index (χ3n) is 4.22. The molecule has 0 spiro atoms. The third kappa shape index (κ3) is 4.23. The van der Waals surface area contributed by atoms with Crippen molar-refractivity contribution in [1.29, 1.82) is 0 Å². The fraction of sp³-hybridized carbons (Fsp3) is 0.143. The lowest BCUT2D eigenvalue weighted by Gasteiger charge is -2.25. The van der Waals surface area contributed by atoms with Crippen LogP contribution in [-0.4, -0.2) is 19.2 Å². The Labute approximate surface area is 159 Å². The van der Waals surface area contributed by atoms with Crippen LogP contribution in [0.2, 0.25) is 0 Å². The van der Waals surface area contributed by atoms with Gasteiger partial charge < -0.3 is 0 Å². The van der Waals surface area contributed by atoms with Gasteiger partial charge in [0.25, 0.3) is 10.0 Å². The topological polar surface area (TPSA) is 67.3 Å². The molecule has 0 fully saturated rings. The molecule has 3 rings (SSSR count). The first-order valence-electron chi connectivity index (χ1n) is 8.47. The Hall–Kier alpha value is -2.99. The predicted molar refractivity (Wildman–Crippen MR) is 105 cm³/mol. The van der Waals surface area contributed by atoms with E-state index in [0.717, 1.165) is 11.1 Å². The number of sulfonamides is 1. The van der Waals surface area contributed by atoms with Crippen LogP contribution in [0.1, 0.15) is 28.4 Å². The van der Waals surface area contributed by atoms with Gasteiger partial charge in [0.2, 0.25) is 0 Å². The first-order chi connectivity index (χ1) is 12.9. The Kier molecular flexibility index (Phi) is 5.37. The zero-order valence-corrected chi connectivity index (χ0v) is 16.0. The van der Waals surface area contributed by atoms with E-state index in [1.165, 1.54) is 35.5 Å². The van der Waals surface area contributed by atoms with Gasteiger partial charge in [-0.15, -0.1) is 0 Å². The van der Waals surface area contributed by atoms with Crippen molar-refractivity contribution in [3.05, 3.63) is 89.7 Å². The molecule has 0 aliphatic carbocycles. The van der Waals surface area contributed by atoms with Crippen LogP contribution in [0.5, 0.6) is 0 Å². The second-order valence-corrected chi connectivity index (χ2v) is 8.15. The number of carbonyl (C=O) groups excluding carboxylic acids is 1. The number of carbonyl (C=O) groups is 1. The maximum atomic E-state index is 13.3. The van der Waals surface area contributed by atoms with E-state index in [2.05, 4.69) is 4.98 Å². The molecule has 0 unspecified atom stereocenters. The Morgan fingerprint density at radius 3 is 2.22 bits per heavy atom. The van der Waals surface area contributed by atoms with Gasteiger partial charge in [0.1, 0.15) is 0 Å². The number of hydrogen-bond acceptors (Lipinski definition) is 4. The van der Waals surface area contributed by atoms with Crippen molar-refractivity contribution in [3.8, 4) is 0 Å². The maximum absolute atomic E-state index is 13.3. The largest absolute Gasteiger partial charge is 0.295 e. The Morgan fingerprint density at radius 2 is 1.67 bits per heavy atom. The van der Waals surface area contributed by atoms with Gasteiger partial charge in [0.15, 0.2) is 5.78 Å². The summed E-state index contributed by atoms with van der Waals surface area (Å²) < 4.78 is 28.0. The van der Waals surface area contributed by atoms with Gasteiger partial charge in [-0.1, -0.05) is 35.9 Å². The van der Waals surface area contributed by atoms with Crippen molar-refractivity contribution in [2.24, 2.45) is 0 Å². The van der Waals surface area contributed by atoms with Gasteiger partial charge in [0.05, 0.1) is 17.1 Å². The van der Waals surface area contributed by atoms with Gasteiger partial charge in [-0.25, -0.2) is 8.42 Å². The van der Waals surface area contributed by atoms with Crippen LogP contribution in [0.4, 0.5) is 5.69 Å². The summed E-state index contributed by atoms with van der Waals surface area (Å²) in [6.07, 6.45) is 3.30. The molecular weight excluding hydrogens is 360 g/mol. The van der Waals surface area contributed by atoms with Crippen LogP contribution in [-0.2, 0) is 16.6 Å². The minimum atomic E-state index is -3.81. The standard InChI is InChI=1S/C21H20N2O3S/c1-16-5-9-20(10-6-16)23(15-18-4-3-13-22-14-18)27(25,26)21-11-7-19(8-12-21)17(2)24/h3-14H,15H2,1-2H3. The first-order valence-corrected chi connectivity index (χ1v) is 9.91.